The average molecular weight is 195 g/mol. The average Bonchev–Trinajstić information content (AvgIpc) is 2.07. The predicted octanol–water partition coefficient (Wildman–Crippen LogP) is 1.39. The lowest BCUT2D eigenvalue weighted by molar-refractivity contribution is -0.384. The number of carbonyl (C=O) groups excluding carboxylic acids is 1. The van der Waals surface area contributed by atoms with E-state index in [1.807, 2.05) is 0 Å². The van der Waals surface area contributed by atoms with E-state index in [-0.39, 0.29) is 5.69 Å². The molecule has 0 aliphatic rings. The van der Waals surface area contributed by atoms with Gasteiger partial charge in [0, 0.05) is 17.8 Å². The minimum atomic E-state index is -0.693. The fraction of sp³-hybridized carbons (Fsp3) is 0.125. The van der Waals surface area contributed by atoms with Gasteiger partial charge in [-0.05, 0) is 18.6 Å². The summed E-state index contributed by atoms with van der Waals surface area (Å²) in [4.78, 5) is 20.4. The van der Waals surface area contributed by atoms with Crippen LogP contribution in [0.5, 0.6) is 0 Å². The Morgan fingerprint density at radius 1 is 1.57 bits per heavy atom. The number of nitrogens with zero attached hydrogens (tertiary/aromatic N) is 1. The van der Waals surface area contributed by atoms with Gasteiger partial charge in [0.15, 0.2) is 0 Å². The van der Waals surface area contributed by atoms with Crippen LogP contribution in [0.4, 0.5) is 16.2 Å². The predicted molar refractivity (Wildman–Crippen MR) is 51.0 cm³/mol. The molecule has 0 fully saturated rings. The number of amides is 2. The van der Waals surface area contributed by atoms with Crippen molar-refractivity contribution in [3.05, 3.63) is 33.9 Å². The fourth-order valence-electron chi connectivity index (χ4n) is 1.03. The van der Waals surface area contributed by atoms with E-state index in [1.54, 1.807) is 6.92 Å². The minimum Gasteiger partial charge on any atom is -0.351 e. The smallest absolute Gasteiger partial charge is 0.316 e. The van der Waals surface area contributed by atoms with Crippen molar-refractivity contribution in [1.82, 2.24) is 0 Å². The van der Waals surface area contributed by atoms with Gasteiger partial charge in [-0.25, -0.2) is 4.79 Å². The summed E-state index contributed by atoms with van der Waals surface area (Å²) in [5.41, 5.74) is 5.96. The molecule has 2 amide bonds. The molecule has 14 heavy (non-hydrogen) atoms. The number of nitro groups is 1. The highest BCUT2D eigenvalue weighted by Gasteiger charge is 2.08. The van der Waals surface area contributed by atoms with Crippen LogP contribution >= 0.6 is 0 Å². The standard InChI is InChI=1S/C8H9N3O3/c1-5-4-6(11(13)14)2-3-7(5)10-8(9)12/h2-4H,1H3,(H3,9,10,12). The number of hydrogen-bond acceptors (Lipinski definition) is 3. The molecule has 0 aromatic heterocycles. The third kappa shape index (κ3) is 2.19. The Labute approximate surface area is 79.9 Å². The number of carbonyl (C=O) groups is 1. The number of anilines is 1. The molecule has 0 bridgehead atoms. The zero-order valence-electron chi connectivity index (χ0n) is 7.48. The topological polar surface area (TPSA) is 98.3 Å². The Morgan fingerprint density at radius 2 is 2.21 bits per heavy atom. The SMILES string of the molecule is Cc1cc([N+](=O)[O-])ccc1NC(N)=O. The largest absolute Gasteiger partial charge is 0.351 e. The van der Waals surface area contributed by atoms with Crippen LogP contribution in [-0.4, -0.2) is 11.0 Å². The number of nitrogens with one attached hydrogen (secondary N) is 1. The first kappa shape index (κ1) is 9.97. The Hall–Kier alpha value is -2.11. The number of urea groups is 1. The number of nitrogens with two attached hydrogens (primary N) is 1. The van der Waals surface area contributed by atoms with Crippen molar-refractivity contribution in [2.24, 2.45) is 5.73 Å². The van der Waals surface area contributed by atoms with Crippen LogP contribution in [0.1, 0.15) is 5.56 Å². The first-order chi connectivity index (χ1) is 6.50. The molecule has 6 heteroatoms. The molecule has 0 atom stereocenters. The number of benzene rings is 1. The van der Waals surface area contributed by atoms with E-state index in [4.69, 9.17) is 5.73 Å². The van der Waals surface area contributed by atoms with Crippen molar-refractivity contribution < 1.29 is 9.72 Å². The van der Waals surface area contributed by atoms with Crippen LogP contribution in [0.3, 0.4) is 0 Å². The lowest BCUT2D eigenvalue weighted by Crippen LogP contribution is -2.19. The Bertz CT molecular complexity index is 389. The summed E-state index contributed by atoms with van der Waals surface area (Å²) in [6, 6.07) is 3.42. The van der Waals surface area contributed by atoms with Crippen molar-refractivity contribution >= 4 is 17.4 Å². The third-order valence-corrected chi connectivity index (χ3v) is 1.68. The normalized spacial score (nSPS) is 9.50. The molecule has 1 aromatic rings. The van der Waals surface area contributed by atoms with Gasteiger partial charge in [0.1, 0.15) is 0 Å². The number of non-ortho nitro benzene ring substituents is 1. The van der Waals surface area contributed by atoms with Crippen LogP contribution < -0.4 is 11.1 Å². The highest BCUT2D eigenvalue weighted by molar-refractivity contribution is 5.88. The summed E-state index contributed by atoms with van der Waals surface area (Å²) in [6.07, 6.45) is 0. The van der Waals surface area contributed by atoms with E-state index in [0.29, 0.717) is 11.3 Å². The summed E-state index contributed by atoms with van der Waals surface area (Å²) < 4.78 is 0. The summed E-state index contributed by atoms with van der Waals surface area (Å²) in [5, 5.41) is 12.7. The maximum absolute atomic E-state index is 10.5. The van der Waals surface area contributed by atoms with Crippen LogP contribution in [0.15, 0.2) is 18.2 Å². The van der Waals surface area contributed by atoms with Gasteiger partial charge in [-0.15, -0.1) is 0 Å². The Balaban J connectivity index is 3.01. The number of primary amides is 1. The van der Waals surface area contributed by atoms with Crippen molar-refractivity contribution in [1.29, 1.82) is 0 Å². The van der Waals surface area contributed by atoms with E-state index in [0.717, 1.165) is 0 Å². The first-order valence-corrected chi connectivity index (χ1v) is 3.82. The van der Waals surface area contributed by atoms with Gasteiger partial charge in [-0.3, -0.25) is 10.1 Å². The number of hydrogen-bond donors (Lipinski definition) is 2. The van der Waals surface area contributed by atoms with Gasteiger partial charge in [0.05, 0.1) is 4.92 Å². The van der Waals surface area contributed by atoms with Gasteiger partial charge >= 0.3 is 6.03 Å². The molecule has 0 saturated heterocycles. The monoisotopic (exact) mass is 195 g/mol. The molecular formula is C8H9N3O3. The van der Waals surface area contributed by atoms with Gasteiger partial charge in [0.2, 0.25) is 0 Å². The van der Waals surface area contributed by atoms with E-state index in [1.165, 1.54) is 18.2 Å². The van der Waals surface area contributed by atoms with Gasteiger partial charge in [-0.2, -0.15) is 0 Å². The lowest BCUT2D eigenvalue weighted by atomic mass is 10.2. The molecule has 0 aliphatic heterocycles. The van der Waals surface area contributed by atoms with Gasteiger partial charge in [-0.1, -0.05) is 0 Å². The molecule has 0 aliphatic carbocycles. The number of nitro benzene ring substituents is 1. The molecule has 0 spiro atoms. The van der Waals surface area contributed by atoms with Crippen LogP contribution in [-0.2, 0) is 0 Å². The Kier molecular flexibility index (Phi) is 2.66. The quantitative estimate of drug-likeness (QED) is 0.551. The van der Waals surface area contributed by atoms with Crippen molar-refractivity contribution in [2.75, 3.05) is 5.32 Å². The zero-order chi connectivity index (χ0) is 10.7. The second-order valence-corrected chi connectivity index (χ2v) is 2.75. The molecular weight excluding hydrogens is 186 g/mol. The van der Waals surface area contributed by atoms with Crippen LogP contribution in [0, 0.1) is 17.0 Å². The molecule has 0 heterocycles. The van der Waals surface area contributed by atoms with Crippen molar-refractivity contribution in [2.45, 2.75) is 6.92 Å². The second-order valence-electron chi connectivity index (χ2n) is 2.75. The molecule has 74 valence electrons. The van der Waals surface area contributed by atoms with E-state index >= 15 is 0 Å². The molecule has 3 N–H and O–H groups in total. The third-order valence-electron chi connectivity index (χ3n) is 1.68. The van der Waals surface area contributed by atoms with Crippen molar-refractivity contribution in [3.63, 3.8) is 0 Å². The van der Waals surface area contributed by atoms with E-state index in [9.17, 15) is 14.9 Å². The van der Waals surface area contributed by atoms with E-state index < -0.39 is 11.0 Å². The molecule has 0 saturated carbocycles. The zero-order valence-corrected chi connectivity index (χ0v) is 7.48. The molecule has 1 rings (SSSR count). The summed E-state index contributed by atoms with van der Waals surface area (Å²) >= 11 is 0. The van der Waals surface area contributed by atoms with Gasteiger partial charge < -0.3 is 11.1 Å². The number of rotatable bonds is 2. The highest BCUT2D eigenvalue weighted by Crippen LogP contribution is 2.20. The molecule has 0 unspecified atom stereocenters. The highest BCUT2D eigenvalue weighted by atomic mass is 16.6. The fourth-order valence-corrected chi connectivity index (χ4v) is 1.03. The van der Waals surface area contributed by atoms with Crippen LogP contribution in [0.25, 0.3) is 0 Å². The molecule has 6 nitrogen and oxygen atoms in total. The maximum Gasteiger partial charge on any atom is 0.316 e. The summed E-state index contributed by atoms with van der Waals surface area (Å²) in [6.45, 7) is 1.65. The van der Waals surface area contributed by atoms with Crippen LogP contribution in [0.2, 0.25) is 0 Å². The summed E-state index contributed by atoms with van der Waals surface area (Å²) in [5.74, 6) is 0. The molecule has 1 aromatic carbocycles. The second kappa shape index (κ2) is 3.73. The minimum absolute atomic E-state index is 0.0162. The van der Waals surface area contributed by atoms with Gasteiger partial charge in [0.25, 0.3) is 5.69 Å². The first-order valence-electron chi connectivity index (χ1n) is 3.82. The Morgan fingerprint density at radius 3 is 2.64 bits per heavy atom. The van der Waals surface area contributed by atoms with Crippen molar-refractivity contribution in [3.8, 4) is 0 Å². The number of aryl methyl sites for hydroxylation is 1. The maximum atomic E-state index is 10.5. The summed E-state index contributed by atoms with van der Waals surface area (Å²) in [7, 11) is 0. The van der Waals surface area contributed by atoms with E-state index in [2.05, 4.69) is 5.32 Å². The molecule has 0 radical (unpaired) electrons. The lowest BCUT2D eigenvalue weighted by Gasteiger charge is -2.04.